The topological polar surface area (TPSA) is 38.1 Å². The Morgan fingerprint density at radius 1 is 1.29 bits per heavy atom. The van der Waals surface area contributed by atoms with E-state index < -0.39 is 0 Å². The number of pyridine rings is 1. The molecule has 0 radical (unpaired) electrons. The van der Waals surface area contributed by atoms with Crippen molar-refractivity contribution in [1.82, 2.24) is 10.3 Å². The molecule has 0 aliphatic rings. The molecule has 0 spiro atoms. The third kappa shape index (κ3) is 3.43. The SMILES string of the molecule is CCCNC(Cc1ccncc1)c1ccco1. The van der Waals surface area contributed by atoms with Gasteiger partial charge in [-0.1, -0.05) is 6.92 Å². The van der Waals surface area contributed by atoms with Crippen LogP contribution in [0, 0.1) is 0 Å². The van der Waals surface area contributed by atoms with Crippen LogP contribution < -0.4 is 5.32 Å². The molecule has 2 aromatic rings. The van der Waals surface area contributed by atoms with Crippen molar-refractivity contribution in [1.29, 1.82) is 0 Å². The average molecular weight is 230 g/mol. The van der Waals surface area contributed by atoms with Gasteiger partial charge in [-0.25, -0.2) is 0 Å². The summed E-state index contributed by atoms with van der Waals surface area (Å²) in [6, 6.07) is 8.29. The molecule has 0 aliphatic carbocycles. The van der Waals surface area contributed by atoms with Crippen LogP contribution in [0.25, 0.3) is 0 Å². The van der Waals surface area contributed by atoms with Crippen LogP contribution >= 0.6 is 0 Å². The minimum Gasteiger partial charge on any atom is -0.468 e. The van der Waals surface area contributed by atoms with E-state index in [2.05, 4.69) is 17.2 Å². The first-order chi connectivity index (χ1) is 8.40. The summed E-state index contributed by atoms with van der Waals surface area (Å²) < 4.78 is 5.49. The van der Waals surface area contributed by atoms with Crippen LogP contribution in [-0.4, -0.2) is 11.5 Å². The first kappa shape index (κ1) is 11.9. The molecule has 2 aromatic heterocycles. The minimum atomic E-state index is 0.243. The summed E-state index contributed by atoms with van der Waals surface area (Å²) in [5, 5.41) is 3.51. The second-order valence-corrected chi connectivity index (χ2v) is 4.08. The van der Waals surface area contributed by atoms with Crippen LogP contribution in [0.15, 0.2) is 47.3 Å². The van der Waals surface area contributed by atoms with Gasteiger partial charge in [0.1, 0.15) is 5.76 Å². The number of rotatable bonds is 6. The molecular formula is C14H18N2O. The van der Waals surface area contributed by atoms with Gasteiger partial charge in [-0.2, -0.15) is 0 Å². The van der Waals surface area contributed by atoms with Crippen LogP contribution in [0.5, 0.6) is 0 Å². The van der Waals surface area contributed by atoms with Gasteiger partial charge in [-0.15, -0.1) is 0 Å². The van der Waals surface area contributed by atoms with E-state index in [0.29, 0.717) is 0 Å². The predicted octanol–water partition coefficient (Wildman–Crippen LogP) is 2.96. The normalized spacial score (nSPS) is 12.5. The maximum absolute atomic E-state index is 5.49. The van der Waals surface area contributed by atoms with Crippen LogP contribution in [0.3, 0.4) is 0 Å². The van der Waals surface area contributed by atoms with Crippen molar-refractivity contribution in [2.45, 2.75) is 25.8 Å². The highest BCUT2D eigenvalue weighted by Crippen LogP contribution is 2.18. The van der Waals surface area contributed by atoms with E-state index in [1.807, 2.05) is 36.7 Å². The largest absolute Gasteiger partial charge is 0.468 e. The molecular weight excluding hydrogens is 212 g/mol. The Labute approximate surface area is 102 Å². The van der Waals surface area contributed by atoms with Crippen LogP contribution in [-0.2, 0) is 6.42 Å². The first-order valence-electron chi connectivity index (χ1n) is 6.06. The van der Waals surface area contributed by atoms with Gasteiger partial charge in [-0.3, -0.25) is 4.98 Å². The molecule has 90 valence electrons. The zero-order valence-electron chi connectivity index (χ0n) is 10.1. The number of nitrogens with one attached hydrogen (secondary N) is 1. The lowest BCUT2D eigenvalue weighted by molar-refractivity contribution is 0.410. The molecule has 1 N–H and O–H groups in total. The lowest BCUT2D eigenvalue weighted by Crippen LogP contribution is -2.23. The van der Waals surface area contributed by atoms with Crippen molar-refractivity contribution >= 4 is 0 Å². The van der Waals surface area contributed by atoms with Gasteiger partial charge < -0.3 is 9.73 Å². The number of aromatic nitrogens is 1. The van der Waals surface area contributed by atoms with Gasteiger partial charge in [-0.05, 0) is 49.2 Å². The Hall–Kier alpha value is -1.61. The molecule has 1 unspecified atom stereocenters. The summed E-state index contributed by atoms with van der Waals surface area (Å²) in [7, 11) is 0. The Bertz CT molecular complexity index is 411. The zero-order chi connectivity index (χ0) is 11.9. The maximum atomic E-state index is 5.49. The molecule has 0 fully saturated rings. The lowest BCUT2D eigenvalue weighted by Gasteiger charge is -2.16. The molecule has 0 saturated heterocycles. The number of hydrogen-bond donors (Lipinski definition) is 1. The molecule has 0 bridgehead atoms. The van der Waals surface area contributed by atoms with Crippen molar-refractivity contribution in [2.75, 3.05) is 6.54 Å². The van der Waals surface area contributed by atoms with E-state index in [-0.39, 0.29) is 6.04 Å². The van der Waals surface area contributed by atoms with Gasteiger partial charge >= 0.3 is 0 Å². The molecule has 3 nitrogen and oxygen atoms in total. The Morgan fingerprint density at radius 3 is 2.76 bits per heavy atom. The number of furan rings is 1. The second kappa shape index (κ2) is 6.21. The van der Waals surface area contributed by atoms with E-state index in [1.54, 1.807) is 6.26 Å². The molecule has 0 saturated carbocycles. The summed E-state index contributed by atoms with van der Waals surface area (Å²) in [6.45, 7) is 3.16. The van der Waals surface area contributed by atoms with Gasteiger partial charge in [0.2, 0.25) is 0 Å². The highest BCUT2D eigenvalue weighted by molar-refractivity contribution is 5.15. The minimum absolute atomic E-state index is 0.243. The maximum Gasteiger partial charge on any atom is 0.121 e. The smallest absolute Gasteiger partial charge is 0.121 e. The summed E-state index contributed by atoms with van der Waals surface area (Å²) in [5.74, 6) is 0.996. The molecule has 0 aromatic carbocycles. The Kier molecular flexibility index (Phi) is 4.33. The van der Waals surface area contributed by atoms with E-state index in [9.17, 15) is 0 Å². The molecule has 3 heteroatoms. The predicted molar refractivity (Wildman–Crippen MR) is 67.7 cm³/mol. The second-order valence-electron chi connectivity index (χ2n) is 4.08. The monoisotopic (exact) mass is 230 g/mol. The molecule has 17 heavy (non-hydrogen) atoms. The van der Waals surface area contributed by atoms with Crippen molar-refractivity contribution in [2.24, 2.45) is 0 Å². The number of nitrogens with zero attached hydrogens (tertiary/aromatic N) is 1. The summed E-state index contributed by atoms with van der Waals surface area (Å²) in [5.41, 5.74) is 1.27. The van der Waals surface area contributed by atoms with E-state index in [0.717, 1.165) is 25.1 Å². The van der Waals surface area contributed by atoms with Crippen LogP contribution in [0.1, 0.15) is 30.7 Å². The average Bonchev–Trinajstić information content (AvgIpc) is 2.89. The van der Waals surface area contributed by atoms with E-state index in [4.69, 9.17) is 4.42 Å². The first-order valence-corrected chi connectivity index (χ1v) is 6.06. The van der Waals surface area contributed by atoms with Gasteiger partial charge in [0.25, 0.3) is 0 Å². The lowest BCUT2D eigenvalue weighted by atomic mass is 10.1. The highest BCUT2D eigenvalue weighted by atomic mass is 16.3. The third-order valence-corrected chi connectivity index (χ3v) is 2.72. The zero-order valence-corrected chi connectivity index (χ0v) is 10.1. The Balaban J connectivity index is 2.06. The van der Waals surface area contributed by atoms with Crippen LogP contribution in [0.2, 0.25) is 0 Å². The van der Waals surface area contributed by atoms with Crippen molar-refractivity contribution in [3.05, 3.63) is 54.2 Å². The summed E-state index contributed by atoms with van der Waals surface area (Å²) in [4.78, 5) is 4.03. The molecule has 2 rings (SSSR count). The Morgan fingerprint density at radius 2 is 2.12 bits per heavy atom. The van der Waals surface area contributed by atoms with Gasteiger partial charge in [0.05, 0.1) is 12.3 Å². The molecule has 0 aliphatic heterocycles. The van der Waals surface area contributed by atoms with Crippen molar-refractivity contribution < 1.29 is 4.42 Å². The van der Waals surface area contributed by atoms with Gasteiger partial charge in [0.15, 0.2) is 0 Å². The van der Waals surface area contributed by atoms with Crippen molar-refractivity contribution in [3.63, 3.8) is 0 Å². The summed E-state index contributed by atoms with van der Waals surface area (Å²) in [6.07, 6.45) is 7.43. The quantitative estimate of drug-likeness (QED) is 0.829. The van der Waals surface area contributed by atoms with Gasteiger partial charge in [0, 0.05) is 12.4 Å². The highest BCUT2D eigenvalue weighted by Gasteiger charge is 2.13. The third-order valence-electron chi connectivity index (χ3n) is 2.72. The fraction of sp³-hybridized carbons (Fsp3) is 0.357. The van der Waals surface area contributed by atoms with Crippen molar-refractivity contribution in [3.8, 4) is 0 Å². The van der Waals surface area contributed by atoms with E-state index >= 15 is 0 Å². The van der Waals surface area contributed by atoms with Crippen LogP contribution in [0.4, 0.5) is 0 Å². The standard InChI is InChI=1S/C14H18N2O/c1-2-7-16-13(14-4-3-10-17-14)11-12-5-8-15-9-6-12/h3-6,8-10,13,16H,2,7,11H2,1H3. The fourth-order valence-corrected chi connectivity index (χ4v) is 1.84. The molecule has 2 heterocycles. The summed E-state index contributed by atoms with van der Waals surface area (Å²) >= 11 is 0. The molecule has 0 amide bonds. The molecule has 1 atom stereocenters. The fourth-order valence-electron chi connectivity index (χ4n) is 1.84. The number of hydrogen-bond acceptors (Lipinski definition) is 3. The van der Waals surface area contributed by atoms with E-state index in [1.165, 1.54) is 5.56 Å².